The molecule has 1 saturated heterocycles. The minimum Gasteiger partial charge on any atom is -0.394 e. The molecule has 5 atom stereocenters. The molecule has 1 aliphatic heterocycles. The summed E-state index contributed by atoms with van der Waals surface area (Å²) in [4.78, 5) is 12.7. The number of nitrogens with zero attached hydrogens (tertiary/aromatic N) is 4. The van der Waals surface area contributed by atoms with Gasteiger partial charge in [0.1, 0.15) is 24.6 Å². The molecule has 26 heavy (non-hydrogen) atoms. The summed E-state index contributed by atoms with van der Waals surface area (Å²) in [7, 11) is 0. The van der Waals surface area contributed by atoms with Crippen molar-refractivity contribution in [3.05, 3.63) is 12.7 Å². The predicted molar refractivity (Wildman–Crippen MR) is 92.3 cm³/mol. The number of fused-ring (bicyclic) bond motifs is 1. The maximum atomic E-state index is 10.2. The van der Waals surface area contributed by atoms with Crippen LogP contribution in [0.15, 0.2) is 12.7 Å². The van der Waals surface area contributed by atoms with E-state index in [0.29, 0.717) is 22.9 Å². The lowest BCUT2D eigenvalue weighted by atomic mass is 10.0. The molecule has 0 aromatic carbocycles. The van der Waals surface area contributed by atoms with Gasteiger partial charge in [0.15, 0.2) is 23.2 Å². The molecule has 0 saturated carbocycles. The third-order valence-electron chi connectivity index (χ3n) is 4.47. The van der Waals surface area contributed by atoms with Crippen molar-refractivity contribution in [2.24, 2.45) is 5.92 Å². The average Bonchev–Trinajstić information content (AvgIpc) is 3.16. The lowest BCUT2D eigenvalue weighted by molar-refractivity contribution is -0.0511. The number of anilines is 1. The van der Waals surface area contributed by atoms with Crippen molar-refractivity contribution < 1.29 is 25.2 Å². The highest BCUT2D eigenvalue weighted by Gasteiger charge is 2.44. The van der Waals surface area contributed by atoms with Crippen molar-refractivity contribution in [1.82, 2.24) is 19.5 Å². The van der Waals surface area contributed by atoms with Gasteiger partial charge in [-0.05, 0) is 12.3 Å². The first-order chi connectivity index (χ1) is 12.5. The zero-order chi connectivity index (χ0) is 18.8. The Bertz CT molecular complexity index is 739. The van der Waals surface area contributed by atoms with Crippen LogP contribution in [0.3, 0.4) is 0 Å². The summed E-state index contributed by atoms with van der Waals surface area (Å²) in [6, 6.07) is -0.174. The van der Waals surface area contributed by atoms with Gasteiger partial charge in [0.05, 0.1) is 25.6 Å². The number of aromatic nitrogens is 4. The third kappa shape index (κ3) is 3.51. The summed E-state index contributed by atoms with van der Waals surface area (Å²) in [6.45, 7) is 3.68. The SMILES string of the molecule is CC(C)C[C@@H](CO)Nc1ncnc2c1ncn2C1OC(CO)C(O)C1O. The van der Waals surface area contributed by atoms with Gasteiger partial charge in [0.2, 0.25) is 0 Å². The molecule has 10 heteroatoms. The molecule has 0 spiro atoms. The van der Waals surface area contributed by atoms with E-state index in [1.165, 1.54) is 17.2 Å². The molecule has 0 aliphatic carbocycles. The summed E-state index contributed by atoms with van der Waals surface area (Å²) in [6.07, 6.45) is -0.656. The molecule has 3 heterocycles. The summed E-state index contributed by atoms with van der Waals surface area (Å²) in [5, 5.41) is 42.2. The van der Waals surface area contributed by atoms with Gasteiger partial charge in [-0.1, -0.05) is 13.8 Å². The number of hydrogen-bond acceptors (Lipinski definition) is 9. The Kier molecular flexibility index (Phi) is 5.68. The van der Waals surface area contributed by atoms with Crippen molar-refractivity contribution in [3.63, 3.8) is 0 Å². The Morgan fingerprint density at radius 1 is 1.19 bits per heavy atom. The monoisotopic (exact) mass is 367 g/mol. The molecule has 0 bridgehead atoms. The van der Waals surface area contributed by atoms with Crippen LogP contribution >= 0.6 is 0 Å². The van der Waals surface area contributed by atoms with Crippen LogP contribution in [-0.2, 0) is 4.74 Å². The zero-order valence-electron chi connectivity index (χ0n) is 14.7. The largest absolute Gasteiger partial charge is 0.394 e. The van der Waals surface area contributed by atoms with E-state index in [9.17, 15) is 20.4 Å². The fraction of sp³-hybridized carbons (Fsp3) is 0.688. The van der Waals surface area contributed by atoms with Gasteiger partial charge in [-0.15, -0.1) is 0 Å². The van der Waals surface area contributed by atoms with Crippen LogP contribution in [-0.4, -0.2) is 77.5 Å². The van der Waals surface area contributed by atoms with Gasteiger partial charge in [0, 0.05) is 0 Å². The van der Waals surface area contributed by atoms with E-state index in [1.807, 2.05) is 0 Å². The third-order valence-corrected chi connectivity index (χ3v) is 4.47. The van der Waals surface area contributed by atoms with Crippen molar-refractivity contribution in [1.29, 1.82) is 0 Å². The van der Waals surface area contributed by atoms with Crippen molar-refractivity contribution in [2.45, 2.75) is 50.8 Å². The minimum atomic E-state index is -1.22. The van der Waals surface area contributed by atoms with Gasteiger partial charge in [-0.25, -0.2) is 15.0 Å². The number of ether oxygens (including phenoxy) is 1. The highest BCUT2D eigenvalue weighted by Crippen LogP contribution is 2.32. The van der Waals surface area contributed by atoms with Gasteiger partial charge < -0.3 is 30.5 Å². The van der Waals surface area contributed by atoms with Gasteiger partial charge in [-0.2, -0.15) is 0 Å². The first kappa shape index (κ1) is 18.9. The predicted octanol–water partition coefficient (Wildman–Crippen LogP) is -0.743. The number of imidazole rings is 1. The topological polar surface area (TPSA) is 146 Å². The Hall–Kier alpha value is -1.85. The summed E-state index contributed by atoms with van der Waals surface area (Å²) in [5.74, 6) is 0.869. The smallest absolute Gasteiger partial charge is 0.167 e. The van der Waals surface area contributed by atoms with Crippen molar-refractivity contribution >= 4 is 17.0 Å². The summed E-state index contributed by atoms with van der Waals surface area (Å²) >= 11 is 0. The molecular formula is C16H25N5O5. The minimum absolute atomic E-state index is 0.0425. The quantitative estimate of drug-likeness (QED) is 0.427. The van der Waals surface area contributed by atoms with E-state index < -0.39 is 31.1 Å². The average molecular weight is 367 g/mol. The van der Waals surface area contributed by atoms with E-state index in [4.69, 9.17) is 4.74 Å². The molecular weight excluding hydrogens is 342 g/mol. The lowest BCUT2D eigenvalue weighted by Gasteiger charge is -2.19. The molecule has 2 aromatic rings. The molecule has 2 aromatic heterocycles. The first-order valence-corrected chi connectivity index (χ1v) is 8.63. The van der Waals surface area contributed by atoms with E-state index in [-0.39, 0.29) is 12.6 Å². The van der Waals surface area contributed by atoms with Gasteiger partial charge in [-0.3, -0.25) is 4.57 Å². The normalized spacial score (nSPS) is 27.3. The van der Waals surface area contributed by atoms with Crippen LogP contribution in [0.25, 0.3) is 11.2 Å². The highest BCUT2D eigenvalue weighted by atomic mass is 16.6. The fourth-order valence-corrected chi connectivity index (χ4v) is 3.20. The van der Waals surface area contributed by atoms with Crippen LogP contribution in [0.1, 0.15) is 26.5 Å². The second-order valence-corrected chi connectivity index (χ2v) is 6.93. The Labute approximate surface area is 150 Å². The van der Waals surface area contributed by atoms with E-state index in [2.05, 4.69) is 34.1 Å². The number of nitrogens with one attached hydrogen (secondary N) is 1. The number of aliphatic hydroxyl groups is 4. The van der Waals surface area contributed by atoms with E-state index >= 15 is 0 Å². The van der Waals surface area contributed by atoms with E-state index in [1.54, 1.807) is 0 Å². The molecule has 5 N–H and O–H groups in total. The van der Waals surface area contributed by atoms with Crippen molar-refractivity contribution in [2.75, 3.05) is 18.5 Å². The van der Waals surface area contributed by atoms with Crippen LogP contribution in [0.4, 0.5) is 5.82 Å². The highest BCUT2D eigenvalue weighted by molar-refractivity contribution is 5.82. The maximum absolute atomic E-state index is 10.2. The van der Waals surface area contributed by atoms with Gasteiger partial charge >= 0.3 is 0 Å². The second-order valence-electron chi connectivity index (χ2n) is 6.93. The summed E-state index contributed by atoms with van der Waals surface area (Å²) < 4.78 is 7.04. The van der Waals surface area contributed by atoms with Crippen LogP contribution in [0, 0.1) is 5.92 Å². The Morgan fingerprint density at radius 2 is 1.96 bits per heavy atom. The van der Waals surface area contributed by atoms with Crippen LogP contribution < -0.4 is 5.32 Å². The fourth-order valence-electron chi connectivity index (χ4n) is 3.20. The number of aliphatic hydroxyl groups excluding tert-OH is 4. The molecule has 1 fully saturated rings. The Balaban J connectivity index is 1.89. The molecule has 4 unspecified atom stereocenters. The molecule has 0 radical (unpaired) electrons. The Morgan fingerprint density at radius 3 is 2.58 bits per heavy atom. The number of rotatable bonds is 7. The summed E-state index contributed by atoms with van der Waals surface area (Å²) in [5.41, 5.74) is 0.881. The lowest BCUT2D eigenvalue weighted by Crippen LogP contribution is -2.33. The first-order valence-electron chi connectivity index (χ1n) is 8.63. The maximum Gasteiger partial charge on any atom is 0.167 e. The second kappa shape index (κ2) is 7.80. The molecule has 0 amide bonds. The molecule has 3 rings (SSSR count). The molecule has 10 nitrogen and oxygen atoms in total. The van der Waals surface area contributed by atoms with Crippen LogP contribution in [0.2, 0.25) is 0 Å². The van der Waals surface area contributed by atoms with Gasteiger partial charge in [0.25, 0.3) is 0 Å². The van der Waals surface area contributed by atoms with Crippen molar-refractivity contribution in [3.8, 4) is 0 Å². The standard InChI is InChI=1S/C16H25N5O5/c1-8(2)3-9(4-22)20-14-11-15(18-6-17-14)21(7-19-11)16-13(25)12(24)10(5-23)26-16/h6-10,12-13,16,22-25H,3-5H2,1-2H3,(H,17,18,20)/t9-,10?,12?,13?,16?/m0/s1. The van der Waals surface area contributed by atoms with Crippen LogP contribution in [0.5, 0.6) is 0 Å². The molecule has 1 aliphatic rings. The molecule has 144 valence electrons. The number of hydrogen-bond donors (Lipinski definition) is 5. The zero-order valence-corrected chi connectivity index (χ0v) is 14.7. The van der Waals surface area contributed by atoms with E-state index in [0.717, 1.165) is 6.42 Å².